The van der Waals surface area contributed by atoms with Crippen LogP contribution in [0.15, 0.2) is 46.9 Å². The van der Waals surface area contributed by atoms with E-state index in [9.17, 15) is 0 Å². The number of hydrogen-bond acceptors (Lipinski definition) is 1. The Balaban J connectivity index is 1.81. The van der Waals surface area contributed by atoms with Crippen LogP contribution in [0.2, 0.25) is 0 Å². The molecular weight excluding hydrogens is 324 g/mol. The molecule has 0 fully saturated rings. The summed E-state index contributed by atoms with van der Waals surface area (Å²) in [5.74, 6) is 2.21. The van der Waals surface area contributed by atoms with Crippen LogP contribution in [0.25, 0.3) is 0 Å². The van der Waals surface area contributed by atoms with Gasteiger partial charge in [-0.2, -0.15) is 0 Å². The van der Waals surface area contributed by atoms with E-state index in [1.807, 2.05) is 0 Å². The molecule has 1 atom stereocenters. The predicted octanol–water partition coefficient (Wildman–Crippen LogP) is 5.37. The minimum atomic E-state index is 0.458. The van der Waals surface area contributed by atoms with Gasteiger partial charge in [0.25, 0.3) is 0 Å². The highest BCUT2D eigenvalue weighted by molar-refractivity contribution is 9.10. The molecular formula is C19H21BrO. The van der Waals surface area contributed by atoms with Gasteiger partial charge in [-0.05, 0) is 53.6 Å². The van der Waals surface area contributed by atoms with Crippen molar-refractivity contribution < 1.29 is 4.74 Å². The molecule has 1 aliphatic heterocycles. The summed E-state index contributed by atoms with van der Waals surface area (Å²) in [7, 11) is 0. The summed E-state index contributed by atoms with van der Waals surface area (Å²) in [6, 6.07) is 15.3. The number of benzene rings is 2. The van der Waals surface area contributed by atoms with Crippen molar-refractivity contribution in [1.82, 2.24) is 0 Å². The van der Waals surface area contributed by atoms with E-state index in [0.717, 1.165) is 29.7 Å². The molecule has 1 aliphatic rings. The maximum atomic E-state index is 5.97. The molecule has 0 saturated heterocycles. The number of ether oxygens (including phenoxy) is 1. The molecule has 110 valence electrons. The van der Waals surface area contributed by atoms with E-state index < -0.39 is 0 Å². The lowest BCUT2D eigenvalue weighted by molar-refractivity contribution is 0.262. The van der Waals surface area contributed by atoms with Gasteiger partial charge < -0.3 is 4.74 Å². The Bertz CT molecular complexity index is 616. The summed E-state index contributed by atoms with van der Waals surface area (Å²) in [6.07, 6.45) is 2.21. The minimum absolute atomic E-state index is 0.458. The first kappa shape index (κ1) is 14.6. The standard InChI is InChI=1S/C19H21BrO/c1-13(2)9-14-3-8-19-16(10-14)11-17(12-21-19)15-4-6-18(20)7-5-15/h3-8,10,13,17H,9,11-12H2,1-2H3. The van der Waals surface area contributed by atoms with E-state index in [-0.39, 0.29) is 0 Å². The summed E-state index contributed by atoms with van der Waals surface area (Å²) in [5.41, 5.74) is 4.13. The summed E-state index contributed by atoms with van der Waals surface area (Å²) in [6.45, 7) is 5.30. The second-order valence-electron chi connectivity index (χ2n) is 6.30. The molecule has 0 radical (unpaired) electrons. The van der Waals surface area contributed by atoms with Gasteiger partial charge in [0.1, 0.15) is 5.75 Å². The largest absolute Gasteiger partial charge is 0.493 e. The fourth-order valence-corrected chi connectivity index (χ4v) is 3.26. The van der Waals surface area contributed by atoms with E-state index in [1.54, 1.807) is 0 Å². The Labute approximate surface area is 135 Å². The SMILES string of the molecule is CC(C)Cc1ccc2c(c1)CC(c1ccc(Br)cc1)CO2. The van der Waals surface area contributed by atoms with Crippen LogP contribution in [0.1, 0.15) is 36.5 Å². The van der Waals surface area contributed by atoms with Crippen molar-refractivity contribution in [1.29, 1.82) is 0 Å². The van der Waals surface area contributed by atoms with Gasteiger partial charge in [0.15, 0.2) is 0 Å². The van der Waals surface area contributed by atoms with Crippen molar-refractivity contribution in [3.8, 4) is 5.75 Å². The highest BCUT2D eigenvalue weighted by Gasteiger charge is 2.21. The van der Waals surface area contributed by atoms with Crippen LogP contribution in [0, 0.1) is 5.92 Å². The van der Waals surface area contributed by atoms with Crippen LogP contribution in [0.5, 0.6) is 5.75 Å². The molecule has 2 aromatic rings. The monoisotopic (exact) mass is 344 g/mol. The van der Waals surface area contributed by atoms with Gasteiger partial charge >= 0.3 is 0 Å². The third-order valence-corrected chi connectivity index (χ3v) is 4.55. The van der Waals surface area contributed by atoms with Crippen molar-refractivity contribution in [2.45, 2.75) is 32.6 Å². The highest BCUT2D eigenvalue weighted by atomic mass is 79.9. The van der Waals surface area contributed by atoms with Crippen molar-refractivity contribution in [3.05, 3.63) is 63.6 Å². The van der Waals surface area contributed by atoms with E-state index in [0.29, 0.717) is 11.8 Å². The number of rotatable bonds is 3. The molecule has 0 amide bonds. The van der Waals surface area contributed by atoms with Crippen LogP contribution in [0.3, 0.4) is 0 Å². The molecule has 1 unspecified atom stereocenters. The summed E-state index contributed by atoms with van der Waals surface area (Å²) < 4.78 is 7.10. The molecule has 3 rings (SSSR count). The quantitative estimate of drug-likeness (QED) is 0.727. The van der Waals surface area contributed by atoms with Crippen LogP contribution in [-0.4, -0.2) is 6.61 Å². The zero-order chi connectivity index (χ0) is 14.8. The molecule has 21 heavy (non-hydrogen) atoms. The van der Waals surface area contributed by atoms with Gasteiger partial charge in [-0.1, -0.05) is 54.0 Å². The zero-order valence-corrected chi connectivity index (χ0v) is 14.2. The van der Waals surface area contributed by atoms with Gasteiger partial charge in [-0.3, -0.25) is 0 Å². The summed E-state index contributed by atoms with van der Waals surface area (Å²) in [5, 5.41) is 0. The molecule has 2 aromatic carbocycles. The first-order valence-corrected chi connectivity index (χ1v) is 8.41. The number of fused-ring (bicyclic) bond motifs is 1. The fraction of sp³-hybridized carbons (Fsp3) is 0.368. The van der Waals surface area contributed by atoms with Crippen molar-refractivity contribution in [2.75, 3.05) is 6.61 Å². The zero-order valence-electron chi connectivity index (χ0n) is 12.6. The Morgan fingerprint density at radius 1 is 1.14 bits per heavy atom. The Morgan fingerprint density at radius 3 is 2.62 bits per heavy atom. The Morgan fingerprint density at radius 2 is 1.90 bits per heavy atom. The van der Waals surface area contributed by atoms with Gasteiger partial charge in [-0.25, -0.2) is 0 Å². The lowest BCUT2D eigenvalue weighted by Crippen LogP contribution is -2.19. The Hall–Kier alpha value is -1.28. The number of hydrogen-bond donors (Lipinski definition) is 0. The average molecular weight is 345 g/mol. The van der Waals surface area contributed by atoms with E-state index in [1.165, 1.54) is 16.7 Å². The Kier molecular flexibility index (Phi) is 4.34. The molecule has 0 saturated carbocycles. The molecule has 0 bridgehead atoms. The lowest BCUT2D eigenvalue weighted by Gasteiger charge is -2.26. The highest BCUT2D eigenvalue weighted by Crippen LogP contribution is 2.33. The van der Waals surface area contributed by atoms with Gasteiger partial charge in [0, 0.05) is 10.4 Å². The van der Waals surface area contributed by atoms with Crippen molar-refractivity contribution in [2.24, 2.45) is 5.92 Å². The second-order valence-corrected chi connectivity index (χ2v) is 7.22. The van der Waals surface area contributed by atoms with Crippen LogP contribution in [0.4, 0.5) is 0 Å². The molecule has 1 nitrogen and oxygen atoms in total. The molecule has 0 spiro atoms. The van der Waals surface area contributed by atoms with Crippen molar-refractivity contribution >= 4 is 15.9 Å². The second kappa shape index (κ2) is 6.23. The summed E-state index contributed by atoms with van der Waals surface area (Å²) >= 11 is 3.50. The average Bonchev–Trinajstić information content (AvgIpc) is 2.46. The third-order valence-electron chi connectivity index (χ3n) is 4.02. The topological polar surface area (TPSA) is 9.23 Å². The van der Waals surface area contributed by atoms with E-state index in [2.05, 4.69) is 72.2 Å². The van der Waals surface area contributed by atoms with Gasteiger partial charge in [0.05, 0.1) is 6.61 Å². The normalized spacial score (nSPS) is 17.4. The smallest absolute Gasteiger partial charge is 0.122 e. The summed E-state index contributed by atoms with van der Waals surface area (Å²) in [4.78, 5) is 0. The number of halogens is 1. The molecule has 0 aromatic heterocycles. The predicted molar refractivity (Wildman–Crippen MR) is 91.1 cm³/mol. The maximum absolute atomic E-state index is 5.97. The lowest BCUT2D eigenvalue weighted by atomic mass is 9.89. The molecule has 1 heterocycles. The fourth-order valence-electron chi connectivity index (χ4n) is 3.00. The molecule has 2 heteroatoms. The molecule has 0 N–H and O–H groups in total. The van der Waals surface area contributed by atoms with Crippen LogP contribution < -0.4 is 4.74 Å². The third kappa shape index (κ3) is 3.49. The van der Waals surface area contributed by atoms with Gasteiger partial charge in [-0.15, -0.1) is 0 Å². The first-order chi connectivity index (χ1) is 10.1. The van der Waals surface area contributed by atoms with Crippen LogP contribution >= 0.6 is 15.9 Å². The molecule has 0 aliphatic carbocycles. The van der Waals surface area contributed by atoms with Crippen LogP contribution in [-0.2, 0) is 12.8 Å². The minimum Gasteiger partial charge on any atom is -0.493 e. The van der Waals surface area contributed by atoms with Crippen molar-refractivity contribution in [3.63, 3.8) is 0 Å². The van der Waals surface area contributed by atoms with E-state index >= 15 is 0 Å². The first-order valence-electron chi connectivity index (χ1n) is 7.62. The van der Waals surface area contributed by atoms with Gasteiger partial charge in [0.2, 0.25) is 0 Å². The van der Waals surface area contributed by atoms with E-state index in [4.69, 9.17) is 4.74 Å². The maximum Gasteiger partial charge on any atom is 0.122 e.